The fourth-order valence-corrected chi connectivity index (χ4v) is 3.60. The van der Waals surface area contributed by atoms with Crippen molar-refractivity contribution < 1.29 is 0 Å². The molecule has 3 nitrogen and oxygen atoms in total. The summed E-state index contributed by atoms with van der Waals surface area (Å²) in [6, 6.07) is 1.28. The van der Waals surface area contributed by atoms with Crippen molar-refractivity contribution in [3.8, 4) is 0 Å². The maximum absolute atomic E-state index is 4.61. The molecule has 2 unspecified atom stereocenters. The van der Waals surface area contributed by atoms with Gasteiger partial charge in [0.2, 0.25) is 0 Å². The Bertz CT molecular complexity index is 388. The summed E-state index contributed by atoms with van der Waals surface area (Å²) in [5.41, 5.74) is 1.15. The average molecular weight is 281 g/mol. The van der Waals surface area contributed by atoms with Crippen molar-refractivity contribution >= 4 is 11.3 Å². The van der Waals surface area contributed by atoms with E-state index < -0.39 is 0 Å². The van der Waals surface area contributed by atoms with Crippen molar-refractivity contribution in [1.82, 2.24) is 15.2 Å². The second-order valence-corrected chi connectivity index (χ2v) is 7.17. The topological polar surface area (TPSA) is 28.2 Å². The first-order valence-corrected chi connectivity index (χ1v) is 8.31. The first-order chi connectivity index (χ1) is 9.04. The maximum atomic E-state index is 4.61. The van der Waals surface area contributed by atoms with E-state index in [1.54, 1.807) is 11.3 Å². The largest absolute Gasteiger partial charge is 0.313 e. The first-order valence-electron chi connectivity index (χ1n) is 7.43. The van der Waals surface area contributed by atoms with Gasteiger partial charge in [-0.2, -0.15) is 0 Å². The molecule has 0 bridgehead atoms. The molecule has 0 aliphatic carbocycles. The Labute approximate surface area is 121 Å². The molecular weight excluding hydrogens is 254 g/mol. The molecule has 2 atom stereocenters. The van der Waals surface area contributed by atoms with Crippen LogP contribution in [0.1, 0.15) is 44.3 Å². The number of nitrogens with one attached hydrogen (secondary N) is 1. The second-order valence-electron chi connectivity index (χ2n) is 6.23. The van der Waals surface area contributed by atoms with E-state index in [0.29, 0.717) is 12.1 Å². The van der Waals surface area contributed by atoms with Crippen LogP contribution in [-0.2, 0) is 6.54 Å². The highest BCUT2D eigenvalue weighted by Gasteiger charge is 2.24. The molecule has 1 N–H and O–H groups in total. The van der Waals surface area contributed by atoms with Gasteiger partial charge in [-0.15, -0.1) is 11.3 Å². The number of aryl methyl sites for hydroxylation is 1. The molecule has 1 aliphatic rings. The number of nitrogens with zero attached hydrogens (tertiary/aromatic N) is 2. The molecule has 108 valence electrons. The molecule has 19 heavy (non-hydrogen) atoms. The standard InChI is InChI=1S/C15H27N3S/c1-11(2)7-14-8-18(13(4)5-6-16-14)9-15-17-12(3)10-19-15/h10-11,13-14,16H,5-9H2,1-4H3. The second kappa shape index (κ2) is 6.82. The summed E-state index contributed by atoms with van der Waals surface area (Å²) >= 11 is 1.79. The van der Waals surface area contributed by atoms with E-state index in [1.165, 1.54) is 17.8 Å². The smallest absolute Gasteiger partial charge is 0.107 e. The van der Waals surface area contributed by atoms with Crippen LogP contribution in [0.25, 0.3) is 0 Å². The monoisotopic (exact) mass is 281 g/mol. The minimum atomic E-state index is 0.631. The fourth-order valence-electron chi connectivity index (χ4n) is 2.80. The van der Waals surface area contributed by atoms with Gasteiger partial charge in [-0.1, -0.05) is 13.8 Å². The quantitative estimate of drug-likeness (QED) is 0.919. The minimum absolute atomic E-state index is 0.631. The van der Waals surface area contributed by atoms with E-state index in [0.717, 1.165) is 31.2 Å². The predicted molar refractivity (Wildman–Crippen MR) is 82.6 cm³/mol. The minimum Gasteiger partial charge on any atom is -0.313 e. The Kier molecular flexibility index (Phi) is 5.37. The highest BCUT2D eigenvalue weighted by atomic mass is 32.1. The average Bonchev–Trinajstić information content (AvgIpc) is 2.64. The van der Waals surface area contributed by atoms with Crippen molar-refractivity contribution in [2.75, 3.05) is 13.1 Å². The molecule has 1 aromatic heterocycles. The molecule has 2 heterocycles. The fraction of sp³-hybridized carbons (Fsp3) is 0.800. The van der Waals surface area contributed by atoms with Gasteiger partial charge >= 0.3 is 0 Å². The van der Waals surface area contributed by atoms with Crippen molar-refractivity contribution in [2.45, 2.75) is 59.2 Å². The normalized spacial score (nSPS) is 25.7. The van der Waals surface area contributed by atoms with Crippen LogP contribution in [0, 0.1) is 12.8 Å². The van der Waals surface area contributed by atoms with Gasteiger partial charge in [0, 0.05) is 29.7 Å². The van der Waals surface area contributed by atoms with E-state index in [-0.39, 0.29) is 0 Å². The number of rotatable bonds is 4. The molecule has 0 spiro atoms. The Morgan fingerprint density at radius 2 is 2.32 bits per heavy atom. The molecule has 0 amide bonds. The highest BCUT2D eigenvalue weighted by molar-refractivity contribution is 7.09. The van der Waals surface area contributed by atoms with Crippen LogP contribution in [0.5, 0.6) is 0 Å². The molecule has 1 fully saturated rings. The van der Waals surface area contributed by atoms with Gasteiger partial charge in [0.25, 0.3) is 0 Å². The Hall–Kier alpha value is -0.450. The molecule has 4 heteroatoms. The summed E-state index contributed by atoms with van der Waals surface area (Å²) in [5, 5.41) is 7.12. The molecule has 1 saturated heterocycles. The highest BCUT2D eigenvalue weighted by Crippen LogP contribution is 2.18. The zero-order valence-electron chi connectivity index (χ0n) is 12.6. The lowest BCUT2D eigenvalue weighted by Gasteiger charge is -2.28. The zero-order valence-corrected chi connectivity index (χ0v) is 13.5. The lowest BCUT2D eigenvalue weighted by Crippen LogP contribution is -2.40. The molecular formula is C15H27N3S. The van der Waals surface area contributed by atoms with Crippen LogP contribution in [-0.4, -0.2) is 35.1 Å². The summed E-state index contributed by atoms with van der Waals surface area (Å²) < 4.78 is 0. The Morgan fingerprint density at radius 1 is 1.53 bits per heavy atom. The molecule has 1 aromatic rings. The molecule has 0 saturated carbocycles. The lowest BCUT2D eigenvalue weighted by molar-refractivity contribution is 0.189. The van der Waals surface area contributed by atoms with Gasteiger partial charge in [-0.05, 0) is 39.2 Å². The van der Waals surface area contributed by atoms with Crippen LogP contribution >= 0.6 is 11.3 Å². The van der Waals surface area contributed by atoms with E-state index >= 15 is 0 Å². The first kappa shape index (κ1) is 14.9. The van der Waals surface area contributed by atoms with Crippen molar-refractivity contribution in [3.63, 3.8) is 0 Å². The number of thiazole rings is 1. The van der Waals surface area contributed by atoms with E-state index in [4.69, 9.17) is 0 Å². The number of aromatic nitrogens is 1. The van der Waals surface area contributed by atoms with Gasteiger partial charge in [-0.25, -0.2) is 4.98 Å². The third-order valence-electron chi connectivity index (χ3n) is 3.83. The number of hydrogen-bond donors (Lipinski definition) is 1. The van der Waals surface area contributed by atoms with Crippen LogP contribution in [0.2, 0.25) is 0 Å². The molecule has 1 aliphatic heterocycles. The third-order valence-corrected chi connectivity index (χ3v) is 4.79. The van der Waals surface area contributed by atoms with E-state index in [2.05, 4.69) is 48.3 Å². The Balaban J connectivity index is 1.98. The summed E-state index contributed by atoms with van der Waals surface area (Å²) in [6.45, 7) is 12.4. The van der Waals surface area contributed by atoms with Gasteiger partial charge in [-0.3, -0.25) is 4.90 Å². The van der Waals surface area contributed by atoms with Crippen LogP contribution in [0.3, 0.4) is 0 Å². The molecule has 0 aromatic carbocycles. The third kappa shape index (κ3) is 4.55. The zero-order chi connectivity index (χ0) is 13.8. The van der Waals surface area contributed by atoms with Crippen molar-refractivity contribution in [3.05, 3.63) is 16.1 Å². The summed E-state index contributed by atoms with van der Waals surface area (Å²) in [7, 11) is 0. The van der Waals surface area contributed by atoms with Gasteiger partial charge in [0.1, 0.15) is 5.01 Å². The summed E-state index contributed by atoms with van der Waals surface area (Å²) in [5.74, 6) is 0.759. The SMILES string of the molecule is Cc1csc(CN2CC(CC(C)C)NCCC2C)n1. The van der Waals surface area contributed by atoms with Gasteiger partial charge in [0.15, 0.2) is 0 Å². The van der Waals surface area contributed by atoms with E-state index in [1.807, 2.05) is 0 Å². The summed E-state index contributed by atoms with van der Waals surface area (Å²) in [4.78, 5) is 7.21. The maximum Gasteiger partial charge on any atom is 0.107 e. The van der Waals surface area contributed by atoms with Gasteiger partial charge < -0.3 is 5.32 Å². The van der Waals surface area contributed by atoms with Crippen molar-refractivity contribution in [2.24, 2.45) is 5.92 Å². The molecule has 2 rings (SSSR count). The lowest BCUT2D eigenvalue weighted by atomic mass is 10.0. The van der Waals surface area contributed by atoms with Crippen molar-refractivity contribution in [1.29, 1.82) is 0 Å². The predicted octanol–water partition coefficient (Wildman–Crippen LogP) is 3.05. The van der Waals surface area contributed by atoms with Gasteiger partial charge in [0.05, 0.1) is 6.54 Å². The Morgan fingerprint density at radius 3 is 2.95 bits per heavy atom. The molecule has 0 radical (unpaired) electrons. The van der Waals surface area contributed by atoms with Crippen LogP contribution < -0.4 is 5.32 Å². The number of hydrogen-bond acceptors (Lipinski definition) is 4. The van der Waals surface area contributed by atoms with Crippen LogP contribution in [0.15, 0.2) is 5.38 Å². The summed E-state index contributed by atoms with van der Waals surface area (Å²) in [6.07, 6.45) is 2.50. The van der Waals surface area contributed by atoms with E-state index in [9.17, 15) is 0 Å². The van der Waals surface area contributed by atoms with Crippen LogP contribution in [0.4, 0.5) is 0 Å².